The molecular weight excluding hydrogens is 440 g/mol. The highest BCUT2D eigenvalue weighted by Crippen LogP contribution is 2.23. The number of benzene rings is 1. The summed E-state index contributed by atoms with van der Waals surface area (Å²) >= 11 is 4.98. The summed E-state index contributed by atoms with van der Waals surface area (Å²) in [5, 5.41) is 8.90. The van der Waals surface area contributed by atoms with Crippen molar-refractivity contribution in [1.29, 1.82) is 0 Å². The molecule has 5 nitrogen and oxygen atoms in total. The number of nitrogens with zero attached hydrogens (tertiary/aromatic N) is 2. The Morgan fingerprint density at radius 3 is 2.93 bits per heavy atom. The number of hydrogen-bond acceptors (Lipinski definition) is 4. The van der Waals surface area contributed by atoms with Gasteiger partial charge in [0.2, 0.25) is 5.91 Å². The van der Waals surface area contributed by atoms with Crippen molar-refractivity contribution < 1.29 is 18.3 Å². The topological polar surface area (TPSA) is 56.1 Å². The van der Waals surface area contributed by atoms with Crippen LogP contribution >= 0.6 is 27.3 Å². The highest BCUT2D eigenvalue weighted by Gasteiger charge is 2.09. The molecule has 0 aliphatic heterocycles. The molecule has 0 bridgehead atoms. The molecule has 3 rings (SSSR count). The first-order valence-corrected chi connectivity index (χ1v) is 9.46. The molecule has 1 aromatic carbocycles. The minimum Gasteiger partial charge on any atom is -0.434 e. The van der Waals surface area contributed by atoms with E-state index in [2.05, 4.69) is 31.1 Å². The van der Waals surface area contributed by atoms with Gasteiger partial charge in [-0.05, 0) is 34.1 Å². The minimum atomic E-state index is -2.93. The van der Waals surface area contributed by atoms with E-state index in [1.54, 1.807) is 46.5 Å². The van der Waals surface area contributed by atoms with Crippen LogP contribution in [0.4, 0.5) is 14.6 Å². The second-order valence-electron chi connectivity index (χ2n) is 5.34. The van der Waals surface area contributed by atoms with Crippen molar-refractivity contribution in [2.45, 2.75) is 13.2 Å². The Labute approximate surface area is 166 Å². The molecule has 0 unspecified atom stereocenters. The number of ether oxygens (including phenoxy) is 1. The van der Waals surface area contributed by atoms with Crippen molar-refractivity contribution in [2.75, 3.05) is 5.32 Å². The normalized spacial score (nSPS) is 11.3. The molecule has 1 amide bonds. The van der Waals surface area contributed by atoms with Crippen molar-refractivity contribution >= 4 is 45.1 Å². The number of aromatic nitrogens is 2. The highest BCUT2D eigenvalue weighted by atomic mass is 79.9. The molecule has 0 spiro atoms. The van der Waals surface area contributed by atoms with Crippen LogP contribution in [-0.2, 0) is 11.3 Å². The van der Waals surface area contributed by atoms with Gasteiger partial charge in [0.05, 0.1) is 12.7 Å². The van der Waals surface area contributed by atoms with Gasteiger partial charge in [-0.3, -0.25) is 4.79 Å². The third kappa shape index (κ3) is 5.48. The molecule has 0 aliphatic carbocycles. The third-order valence-corrected chi connectivity index (χ3v) is 5.13. The van der Waals surface area contributed by atoms with E-state index >= 15 is 0 Å². The van der Waals surface area contributed by atoms with Crippen molar-refractivity contribution in [3.63, 3.8) is 0 Å². The molecule has 1 N–H and O–H groups in total. The van der Waals surface area contributed by atoms with Crippen LogP contribution in [-0.4, -0.2) is 22.3 Å². The summed E-state index contributed by atoms with van der Waals surface area (Å²) in [7, 11) is 0. The summed E-state index contributed by atoms with van der Waals surface area (Å²) in [6.45, 7) is -2.41. The van der Waals surface area contributed by atoms with Crippen molar-refractivity contribution in [3.05, 3.63) is 69.0 Å². The number of hydrogen-bond donors (Lipinski definition) is 1. The van der Waals surface area contributed by atoms with Crippen LogP contribution in [0, 0.1) is 0 Å². The number of rotatable bonds is 7. The SMILES string of the molecule is O=C(/C=C/c1ccccc1OC(F)F)Nc1ccnn1Cc1cc(Br)cs1. The lowest BCUT2D eigenvalue weighted by Gasteiger charge is -2.08. The molecule has 2 aromatic heterocycles. The summed E-state index contributed by atoms with van der Waals surface area (Å²) in [4.78, 5) is 13.3. The summed E-state index contributed by atoms with van der Waals surface area (Å²) in [5.41, 5.74) is 0.380. The zero-order chi connectivity index (χ0) is 19.2. The van der Waals surface area contributed by atoms with Gasteiger partial charge in [-0.15, -0.1) is 11.3 Å². The molecule has 0 fully saturated rings. The number of anilines is 1. The molecule has 2 heterocycles. The number of carbonyl (C=O) groups is 1. The summed E-state index contributed by atoms with van der Waals surface area (Å²) in [5.74, 6) is 0.132. The summed E-state index contributed by atoms with van der Waals surface area (Å²) in [6.07, 6.45) is 4.27. The number of thiophene rings is 1. The van der Waals surface area contributed by atoms with E-state index < -0.39 is 12.5 Å². The van der Waals surface area contributed by atoms with E-state index in [0.29, 0.717) is 17.9 Å². The van der Waals surface area contributed by atoms with Gasteiger partial charge in [-0.2, -0.15) is 13.9 Å². The fourth-order valence-electron chi connectivity index (χ4n) is 2.30. The molecule has 27 heavy (non-hydrogen) atoms. The predicted molar refractivity (Wildman–Crippen MR) is 104 cm³/mol. The zero-order valence-electron chi connectivity index (χ0n) is 13.8. The lowest BCUT2D eigenvalue weighted by atomic mass is 10.2. The molecule has 9 heteroatoms. The van der Waals surface area contributed by atoms with E-state index in [-0.39, 0.29) is 5.75 Å². The molecule has 140 valence electrons. The van der Waals surface area contributed by atoms with Crippen LogP contribution in [0.3, 0.4) is 0 Å². The summed E-state index contributed by atoms with van der Waals surface area (Å²) in [6, 6.07) is 9.92. The number of alkyl halides is 2. The maximum absolute atomic E-state index is 12.4. The van der Waals surface area contributed by atoms with Gasteiger partial charge in [-0.25, -0.2) is 4.68 Å². The lowest BCUT2D eigenvalue weighted by molar-refractivity contribution is -0.111. The quantitative estimate of drug-likeness (QED) is 0.511. The largest absolute Gasteiger partial charge is 0.434 e. The van der Waals surface area contributed by atoms with Gasteiger partial charge < -0.3 is 10.1 Å². The number of halogens is 3. The molecule has 0 saturated heterocycles. The fourth-order valence-corrected chi connectivity index (χ4v) is 3.74. The van der Waals surface area contributed by atoms with Crippen molar-refractivity contribution in [3.8, 4) is 5.75 Å². The fraction of sp³-hybridized carbons (Fsp3) is 0.111. The van der Waals surface area contributed by atoms with E-state index in [9.17, 15) is 13.6 Å². The Morgan fingerprint density at radius 2 is 2.19 bits per heavy atom. The van der Waals surface area contributed by atoms with Crippen molar-refractivity contribution in [2.24, 2.45) is 0 Å². The van der Waals surface area contributed by atoms with E-state index in [1.165, 1.54) is 18.2 Å². The predicted octanol–water partition coefficient (Wildman–Crippen LogP) is 5.01. The van der Waals surface area contributed by atoms with Gasteiger partial charge in [0.1, 0.15) is 11.6 Å². The number of carbonyl (C=O) groups excluding carboxylic acids is 1. The monoisotopic (exact) mass is 453 g/mol. The van der Waals surface area contributed by atoms with Crippen LogP contribution in [0.5, 0.6) is 5.75 Å². The lowest BCUT2D eigenvalue weighted by Crippen LogP contribution is -2.13. The molecular formula is C18H14BrF2N3O2S. The van der Waals surface area contributed by atoms with Crippen LogP contribution in [0.25, 0.3) is 6.08 Å². The Bertz CT molecular complexity index is 955. The molecule has 3 aromatic rings. The number of amides is 1. The maximum Gasteiger partial charge on any atom is 0.387 e. The standard InChI is InChI=1S/C18H14BrF2N3O2S/c19-13-9-14(27-11-13)10-24-16(7-8-22-24)23-17(25)6-5-12-3-1-2-4-15(12)26-18(20)21/h1-9,11,18H,10H2,(H,23,25)/b6-5+. The minimum absolute atomic E-state index is 0.00450. The number of nitrogens with one attached hydrogen (secondary N) is 1. The Kier molecular flexibility index (Phi) is 6.36. The molecule has 0 atom stereocenters. The Morgan fingerprint density at radius 1 is 1.37 bits per heavy atom. The molecule has 0 saturated carbocycles. The Hall–Kier alpha value is -2.52. The van der Waals surface area contributed by atoms with Gasteiger partial charge in [0.25, 0.3) is 0 Å². The zero-order valence-corrected chi connectivity index (χ0v) is 16.2. The smallest absolute Gasteiger partial charge is 0.387 e. The Balaban J connectivity index is 1.67. The number of para-hydroxylation sites is 1. The van der Waals surface area contributed by atoms with Crippen LogP contribution in [0.1, 0.15) is 10.4 Å². The second kappa shape index (κ2) is 8.92. The maximum atomic E-state index is 12.4. The average molecular weight is 454 g/mol. The van der Waals surface area contributed by atoms with E-state index in [4.69, 9.17) is 0 Å². The van der Waals surface area contributed by atoms with Gasteiger partial charge in [0.15, 0.2) is 0 Å². The average Bonchev–Trinajstić information content (AvgIpc) is 3.23. The molecule has 0 radical (unpaired) electrons. The van der Waals surface area contributed by atoms with Crippen LogP contribution in [0.15, 0.2) is 58.5 Å². The van der Waals surface area contributed by atoms with Crippen LogP contribution in [0.2, 0.25) is 0 Å². The first-order valence-electron chi connectivity index (χ1n) is 7.79. The van der Waals surface area contributed by atoms with Gasteiger partial charge >= 0.3 is 6.61 Å². The molecule has 0 aliphatic rings. The summed E-state index contributed by atoms with van der Waals surface area (Å²) < 4.78 is 32.0. The first kappa shape index (κ1) is 19.2. The highest BCUT2D eigenvalue weighted by molar-refractivity contribution is 9.10. The third-order valence-electron chi connectivity index (χ3n) is 3.44. The van der Waals surface area contributed by atoms with E-state index in [1.807, 2.05) is 11.4 Å². The van der Waals surface area contributed by atoms with Gasteiger partial charge in [0, 0.05) is 32.4 Å². The second-order valence-corrected chi connectivity index (χ2v) is 7.26. The van der Waals surface area contributed by atoms with Crippen LogP contribution < -0.4 is 10.1 Å². The van der Waals surface area contributed by atoms with E-state index in [0.717, 1.165) is 9.35 Å². The van der Waals surface area contributed by atoms with Gasteiger partial charge in [-0.1, -0.05) is 18.2 Å². The van der Waals surface area contributed by atoms with Crippen molar-refractivity contribution in [1.82, 2.24) is 9.78 Å². The first-order chi connectivity index (χ1) is 13.0.